The van der Waals surface area contributed by atoms with Crippen LogP contribution in [0.15, 0.2) is 91.0 Å². The van der Waals surface area contributed by atoms with E-state index in [1.807, 2.05) is 0 Å². The molecule has 4 aromatic carbocycles. The number of fused-ring (bicyclic) bond motifs is 3. The molecule has 0 heterocycles. The van der Waals surface area contributed by atoms with Gasteiger partial charge in [0, 0.05) is 5.41 Å². The fourth-order valence-corrected chi connectivity index (χ4v) is 4.61. The molecule has 0 nitrogen and oxygen atoms in total. The number of hydrogen-bond donors (Lipinski definition) is 0. The molecule has 0 saturated heterocycles. The SMILES string of the molecule is Cc1ccc(-c2ccccc2)cc1-c1ccc2c(c1)C(C)(C)c1ccccc1-2. The van der Waals surface area contributed by atoms with Crippen LogP contribution in [0.4, 0.5) is 0 Å². The molecule has 1 aliphatic rings. The Labute approximate surface area is 167 Å². The monoisotopic (exact) mass is 360 g/mol. The van der Waals surface area contributed by atoms with Gasteiger partial charge in [-0.2, -0.15) is 0 Å². The van der Waals surface area contributed by atoms with Crippen molar-refractivity contribution in [1.82, 2.24) is 0 Å². The predicted molar refractivity (Wildman–Crippen MR) is 120 cm³/mol. The number of benzene rings is 4. The van der Waals surface area contributed by atoms with Crippen molar-refractivity contribution in [1.29, 1.82) is 0 Å². The molecule has 0 spiro atoms. The number of hydrogen-bond acceptors (Lipinski definition) is 0. The van der Waals surface area contributed by atoms with Crippen LogP contribution < -0.4 is 0 Å². The normalized spacial score (nSPS) is 13.8. The molecule has 1 aliphatic carbocycles. The van der Waals surface area contributed by atoms with E-state index < -0.39 is 0 Å². The first kappa shape index (κ1) is 17.0. The van der Waals surface area contributed by atoms with Crippen molar-refractivity contribution < 1.29 is 0 Å². The van der Waals surface area contributed by atoms with Crippen molar-refractivity contribution in [2.75, 3.05) is 0 Å². The summed E-state index contributed by atoms with van der Waals surface area (Å²) in [6.45, 7) is 6.89. The minimum absolute atomic E-state index is 0.0346. The second-order valence-electron chi connectivity index (χ2n) is 8.33. The van der Waals surface area contributed by atoms with Gasteiger partial charge in [0.15, 0.2) is 0 Å². The van der Waals surface area contributed by atoms with E-state index >= 15 is 0 Å². The molecule has 0 radical (unpaired) electrons. The van der Waals surface area contributed by atoms with Gasteiger partial charge in [0.1, 0.15) is 0 Å². The van der Waals surface area contributed by atoms with Gasteiger partial charge in [0.25, 0.3) is 0 Å². The van der Waals surface area contributed by atoms with Gasteiger partial charge in [-0.15, -0.1) is 0 Å². The van der Waals surface area contributed by atoms with Gasteiger partial charge in [-0.1, -0.05) is 92.7 Å². The molecule has 0 fully saturated rings. The van der Waals surface area contributed by atoms with E-state index in [0.29, 0.717) is 0 Å². The highest BCUT2D eigenvalue weighted by molar-refractivity contribution is 5.84. The Morgan fingerprint density at radius 3 is 2.00 bits per heavy atom. The first-order valence-corrected chi connectivity index (χ1v) is 9.96. The van der Waals surface area contributed by atoms with E-state index in [4.69, 9.17) is 0 Å². The highest BCUT2D eigenvalue weighted by Crippen LogP contribution is 2.49. The van der Waals surface area contributed by atoms with Gasteiger partial charge in [0.05, 0.1) is 0 Å². The predicted octanol–water partition coefficient (Wildman–Crippen LogP) is 7.64. The molecule has 0 N–H and O–H groups in total. The zero-order valence-electron chi connectivity index (χ0n) is 16.7. The molecule has 0 bridgehead atoms. The Bertz CT molecular complexity index is 1180. The fourth-order valence-electron chi connectivity index (χ4n) is 4.61. The van der Waals surface area contributed by atoms with Crippen LogP contribution in [0.1, 0.15) is 30.5 Å². The lowest BCUT2D eigenvalue weighted by atomic mass is 9.81. The summed E-state index contributed by atoms with van der Waals surface area (Å²) in [5, 5.41) is 0. The van der Waals surface area contributed by atoms with Crippen LogP contribution in [0, 0.1) is 6.92 Å². The zero-order chi connectivity index (χ0) is 19.3. The van der Waals surface area contributed by atoms with Crippen molar-refractivity contribution in [2.45, 2.75) is 26.2 Å². The third kappa shape index (κ3) is 2.52. The maximum atomic E-state index is 2.41. The van der Waals surface area contributed by atoms with E-state index in [1.165, 1.54) is 50.1 Å². The number of aryl methyl sites for hydroxylation is 1. The minimum Gasteiger partial charge on any atom is -0.0622 e. The van der Waals surface area contributed by atoms with Crippen LogP contribution >= 0.6 is 0 Å². The molecule has 0 heteroatoms. The molecular weight excluding hydrogens is 336 g/mol. The lowest BCUT2D eigenvalue weighted by Gasteiger charge is -2.22. The third-order valence-electron chi connectivity index (χ3n) is 6.24. The van der Waals surface area contributed by atoms with E-state index in [0.717, 1.165) is 0 Å². The summed E-state index contributed by atoms with van der Waals surface area (Å²) in [7, 11) is 0. The molecule has 28 heavy (non-hydrogen) atoms. The van der Waals surface area contributed by atoms with Crippen LogP contribution in [0.3, 0.4) is 0 Å². The van der Waals surface area contributed by atoms with Crippen LogP contribution in [-0.4, -0.2) is 0 Å². The quantitative estimate of drug-likeness (QED) is 0.344. The maximum absolute atomic E-state index is 2.41. The summed E-state index contributed by atoms with van der Waals surface area (Å²) >= 11 is 0. The average Bonchev–Trinajstić information content (AvgIpc) is 2.96. The van der Waals surface area contributed by atoms with Crippen molar-refractivity contribution in [3.05, 3.63) is 108 Å². The van der Waals surface area contributed by atoms with Crippen molar-refractivity contribution in [3.63, 3.8) is 0 Å². The molecule has 0 unspecified atom stereocenters. The zero-order valence-corrected chi connectivity index (χ0v) is 16.7. The highest BCUT2D eigenvalue weighted by atomic mass is 14.4. The molecule has 0 aromatic heterocycles. The first-order valence-electron chi connectivity index (χ1n) is 9.96. The fraction of sp³-hybridized carbons (Fsp3) is 0.143. The van der Waals surface area contributed by atoms with Gasteiger partial charge in [-0.3, -0.25) is 0 Å². The molecule has 136 valence electrons. The van der Waals surface area contributed by atoms with Gasteiger partial charge < -0.3 is 0 Å². The lowest BCUT2D eigenvalue weighted by molar-refractivity contribution is 0.660. The van der Waals surface area contributed by atoms with Crippen molar-refractivity contribution in [3.8, 4) is 33.4 Å². The Balaban J connectivity index is 1.66. The average molecular weight is 361 g/mol. The summed E-state index contributed by atoms with van der Waals surface area (Å²) in [6.07, 6.45) is 0. The molecule has 0 amide bonds. The van der Waals surface area contributed by atoms with Crippen molar-refractivity contribution >= 4 is 0 Å². The Morgan fingerprint density at radius 1 is 0.500 bits per heavy atom. The van der Waals surface area contributed by atoms with E-state index in [-0.39, 0.29) is 5.41 Å². The molecular formula is C28H24. The van der Waals surface area contributed by atoms with E-state index in [2.05, 4.69) is 112 Å². The van der Waals surface area contributed by atoms with Crippen LogP contribution in [0.2, 0.25) is 0 Å². The van der Waals surface area contributed by atoms with Gasteiger partial charge >= 0.3 is 0 Å². The van der Waals surface area contributed by atoms with Gasteiger partial charge in [-0.05, 0) is 69.1 Å². The standard InChI is InChI=1S/C28H24/c1-19-13-14-21(20-9-5-4-6-10-20)17-25(19)22-15-16-24-23-11-7-8-12-26(23)28(2,3)27(24)18-22/h4-18H,1-3H3. The van der Waals surface area contributed by atoms with Crippen LogP contribution in [-0.2, 0) is 5.41 Å². The largest absolute Gasteiger partial charge is 0.0622 e. The lowest BCUT2D eigenvalue weighted by Crippen LogP contribution is -2.14. The molecule has 0 aliphatic heterocycles. The number of rotatable bonds is 2. The topological polar surface area (TPSA) is 0 Å². The van der Waals surface area contributed by atoms with Crippen LogP contribution in [0.25, 0.3) is 33.4 Å². The molecule has 0 saturated carbocycles. The third-order valence-corrected chi connectivity index (χ3v) is 6.24. The Kier molecular flexibility index (Phi) is 3.77. The summed E-state index contributed by atoms with van der Waals surface area (Å²) in [5.74, 6) is 0. The second-order valence-corrected chi connectivity index (χ2v) is 8.33. The molecule has 5 rings (SSSR count). The Hall–Kier alpha value is -3.12. The molecule has 0 atom stereocenters. The highest BCUT2D eigenvalue weighted by Gasteiger charge is 2.35. The summed E-state index contributed by atoms with van der Waals surface area (Å²) in [5.41, 5.74) is 12.1. The first-order chi connectivity index (χ1) is 13.6. The summed E-state index contributed by atoms with van der Waals surface area (Å²) in [6, 6.07) is 33.3. The van der Waals surface area contributed by atoms with E-state index in [1.54, 1.807) is 0 Å². The van der Waals surface area contributed by atoms with E-state index in [9.17, 15) is 0 Å². The molecule has 4 aromatic rings. The Morgan fingerprint density at radius 2 is 1.18 bits per heavy atom. The van der Waals surface area contributed by atoms with Crippen molar-refractivity contribution in [2.24, 2.45) is 0 Å². The smallest absolute Gasteiger partial charge is 0.0159 e. The maximum Gasteiger partial charge on any atom is 0.0159 e. The summed E-state index contributed by atoms with van der Waals surface area (Å²) in [4.78, 5) is 0. The second kappa shape index (κ2) is 6.21. The summed E-state index contributed by atoms with van der Waals surface area (Å²) < 4.78 is 0. The minimum atomic E-state index is 0.0346. The van der Waals surface area contributed by atoms with Gasteiger partial charge in [0.2, 0.25) is 0 Å². The van der Waals surface area contributed by atoms with Gasteiger partial charge in [-0.25, -0.2) is 0 Å². The van der Waals surface area contributed by atoms with Crippen LogP contribution in [0.5, 0.6) is 0 Å².